The van der Waals surface area contributed by atoms with Gasteiger partial charge in [-0.15, -0.1) is 0 Å². The maximum absolute atomic E-state index is 13.8. The van der Waals surface area contributed by atoms with Crippen LogP contribution in [0, 0.1) is 5.92 Å². The number of ketones is 1. The molecule has 26 heavy (non-hydrogen) atoms. The number of nitrogens with zero attached hydrogens (tertiary/aromatic N) is 2. The third-order valence-electron chi connectivity index (χ3n) is 5.84. The normalized spacial score (nSPS) is 28.6. The van der Waals surface area contributed by atoms with Crippen molar-refractivity contribution in [3.8, 4) is 0 Å². The zero-order chi connectivity index (χ0) is 19.1. The van der Waals surface area contributed by atoms with Gasteiger partial charge in [0.05, 0.1) is 0 Å². The summed E-state index contributed by atoms with van der Waals surface area (Å²) in [5.41, 5.74) is 0.535. The second kappa shape index (κ2) is 7.00. The van der Waals surface area contributed by atoms with Crippen molar-refractivity contribution in [3.05, 3.63) is 11.9 Å². The van der Waals surface area contributed by atoms with Crippen molar-refractivity contribution in [2.75, 3.05) is 6.54 Å². The van der Waals surface area contributed by atoms with E-state index in [-0.39, 0.29) is 50.0 Å². The van der Waals surface area contributed by atoms with E-state index in [1.165, 1.54) is 16.0 Å². The highest BCUT2D eigenvalue weighted by molar-refractivity contribution is 5.79. The second-order valence-electron chi connectivity index (χ2n) is 7.86. The third kappa shape index (κ3) is 4.14. The van der Waals surface area contributed by atoms with Crippen molar-refractivity contribution >= 4 is 5.78 Å². The zero-order valence-electron chi connectivity index (χ0n) is 14.9. The molecular formula is C18H25F5N2O. The van der Waals surface area contributed by atoms with Crippen molar-refractivity contribution in [2.45, 2.75) is 82.6 Å². The van der Waals surface area contributed by atoms with Gasteiger partial charge in [0.2, 0.25) is 5.92 Å². The molecule has 1 heterocycles. The van der Waals surface area contributed by atoms with Crippen LogP contribution in [0.1, 0.15) is 58.3 Å². The summed E-state index contributed by atoms with van der Waals surface area (Å²) in [6, 6.07) is -0.309. The quantitative estimate of drug-likeness (QED) is 0.664. The molecule has 0 radical (unpaired) electrons. The molecule has 2 fully saturated rings. The van der Waals surface area contributed by atoms with E-state index in [0.29, 0.717) is 31.4 Å². The predicted octanol–water partition coefficient (Wildman–Crippen LogP) is 4.69. The lowest BCUT2D eigenvalue weighted by molar-refractivity contribution is -0.213. The van der Waals surface area contributed by atoms with Crippen LogP contribution >= 0.6 is 0 Å². The molecule has 0 aromatic rings. The fourth-order valence-corrected chi connectivity index (χ4v) is 4.50. The van der Waals surface area contributed by atoms with E-state index in [0.717, 1.165) is 0 Å². The molecule has 0 aromatic heterocycles. The van der Waals surface area contributed by atoms with E-state index in [1.807, 2.05) is 0 Å². The average molecular weight is 380 g/mol. The molecule has 3 rings (SSSR count). The Morgan fingerprint density at radius 2 is 1.69 bits per heavy atom. The van der Waals surface area contributed by atoms with Crippen molar-refractivity contribution in [3.63, 3.8) is 0 Å². The van der Waals surface area contributed by atoms with Crippen molar-refractivity contribution in [1.82, 2.24) is 9.80 Å². The Hall–Kier alpha value is -1.34. The van der Waals surface area contributed by atoms with E-state index in [2.05, 4.69) is 0 Å². The molecule has 0 amide bonds. The van der Waals surface area contributed by atoms with Crippen LogP contribution in [0.25, 0.3) is 0 Å². The molecule has 0 bridgehead atoms. The molecule has 2 aliphatic carbocycles. The average Bonchev–Trinajstić information content (AvgIpc) is 2.86. The SMILES string of the molecule is CC1=CN(CC2CCC(F)(F)CC2)C(C(F)(F)F)N1C1CCC(=O)CC1. The van der Waals surface area contributed by atoms with Gasteiger partial charge in [-0.1, -0.05) is 0 Å². The highest BCUT2D eigenvalue weighted by Gasteiger charge is 2.52. The van der Waals surface area contributed by atoms with E-state index in [9.17, 15) is 26.7 Å². The van der Waals surface area contributed by atoms with Crippen LogP contribution in [0.3, 0.4) is 0 Å². The van der Waals surface area contributed by atoms with Gasteiger partial charge in [-0.25, -0.2) is 8.78 Å². The molecule has 3 aliphatic rings. The van der Waals surface area contributed by atoms with Gasteiger partial charge in [0, 0.05) is 50.2 Å². The standard InChI is InChI=1S/C18H25F5N2O/c1-12-10-24(11-13-6-8-17(19,20)9-7-13)16(18(21,22)23)25(12)14-2-4-15(26)5-3-14/h10,13-14,16H,2-9,11H2,1H3. The lowest BCUT2D eigenvalue weighted by Gasteiger charge is -2.42. The first kappa shape index (κ1) is 19.4. The summed E-state index contributed by atoms with van der Waals surface area (Å²) in [5, 5.41) is 0. The van der Waals surface area contributed by atoms with E-state index >= 15 is 0 Å². The molecule has 0 N–H and O–H groups in total. The molecule has 1 atom stereocenters. The van der Waals surface area contributed by atoms with Gasteiger partial charge in [0.25, 0.3) is 0 Å². The van der Waals surface area contributed by atoms with E-state index in [4.69, 9.17) is 0 Å². The second-order valence-corrected chi connectivity index (χ2v) is 7.86. The van der Waals surface area contributed by atoms with E-state index < -0.39 is 18.3 Å². The number of hydrogen-bond donors (Lipinski definition) is 0. The van der Waals surface area contributed by atoms with E-state index in [1.54, 1.807) is 6.92 Å². The number of alkyl halides is 5. The van der Waals surface area contributed by atoms with Crippen LogP contribution in [-0.4, -0.2) is 46.4 Å². The molecule has 8 heteroatoms. The summed E-state index contributed by atoms with van der Waals surface area (Å²) in [7, 11) is 0. The Labute approximate surface area is 150 Å². The Bertz CT molecular complexity index is 554. The van der Waals surface area contributed by atoms with Gasteiger partial charge >= 0.3 is 6.18 Å². The van der Waals surface area contributed by atoms with Crippen LogP contribution in [0.2, 0.25) is 0 Å². The van der Waals surface area contributed by atoms with Gasteiger partial charge in [-0.3, -0.25) is 4.79 Å². The summed E-state index contributed by atoms with van der Waals surface area (Å²) in [4.78, 5) is 14.1. The minimum atomic E-state index is -4.45. The van der Waals surface area contributed by atoms with Gasteiger partial charge < -0.3 is 9.80 Å². The first-order valence-electron chi connectivity index (χ1n) is 9.25. The number of carbonyl (C=O) groups is 1. The summed E-state index contributed by atoms with van der Waals surface area (Å²) in [6.45, 7) is 1.80. The largest absolute Gasteiger partial charge is 0.427 e. The topological polar surface area (TPSA) is 23.6 Å². The number of Topliss-reactive ketones (excluding diaryl/α,β-unsaturated/α-hetero) is 1. The molecule has 0 spiro atoms. The number of rotatable bonds is 3. The first-order chi connectivity index (χ1) is 12.1. The molecule has 0 saturated heterocycles. The van der Waals surface area contributed by atoms with Crippen LogP contribution in [-0.2, 0) is 4.79 Å². The summed E-state index contributed by atoms with van der Waals surface area (Å²) in [6.07, 6.45) is -3.21. The number of halogens is 5. The lowest BCUT2D eigenvalue weighted by Crippen LogP contribution is -2.55. The van der Waals surface area contributed by atoms with Crippen molar-refractivity contribution < 1.29 is 26.7 Å². The van der Waals surface area contributed by atoms with Crippen molar-refractivity contribution in [2.24, 2.45) is 5.92 Å². The minimum absolute atomic E-state index is 0.102. The Balaban J connectivity index is 1.72. The molecule has 3 nitrogen and oxygen atoms in total. The molecule has 2 saturated carbocycles. The monoisotopic (exact) mass is 380 g/mol. The maximum Gasteiger partial charge on any atom is 0.427 e. The Morgan fingerprint density at radius 3 is 2.23 bits per heavy atom. The summed E-state index contributed by atoms with van der Waals surface area (Å²) >= 11 is 0. The highest BCUT2D eigenvalue weighted by atomic mass is 19.4. The lowest BCUT2D eigenvalue weighted by atomic mass is 9.86. The van der Waals surface area contributed by atoms with Crippen molar-refractivity contribution in [1.29, 1.82) is 0 Å². The first-order valence-corrected chi connectivity index (χ1v) is 9.25. The Morgan fingerprint density at radius 1 is 1.12 bits per heavy atom. The van der Waals surface area contributed by atoms with Gasteiger partial charge in [-0.2, -0.15) is 13.2 Å². The predicted molar refractivity (Wildman–Crippen MR) is 86.3 cm³/mol. The number of allylic oxidation sites excluding steroid dienone is 1. The molecule has 148 valence electrons. The smallest absolute Gasteiger partial charge is 0.348 e. The van der Waals surface area contributed by atoms with Crippen LogP contribution in [0.5, 0.6) is 0 Å². The third-order valence-corrected chi connectivity index (χ3v) is 5.84. The number of hydrogen-bond acceptors (Lipinski definition) is 3. The Kier molecular flexibility index (Phi) is 5.23. The molecule has 0 aromatic carbocycles. The summed E-state index contributed by atoms with van der Waals surface area (Å²) in [5.74, 6) is -2.74. The maximum atomic E-state index is 13.8. The van der Waals surface area contributed by atoms with Crippen LogP contribution in [0.15, 0.2) is 11.9 Å². The van der Waals surface area contributed by atoms with Gasteiger partial charge in [0.15, 0.2) is 6.17 Å². The molecule has 1 aliphatic heterocycles. The minimum Gasteiger partial charge on any atom is -0.348 e. The van der Waals surface area contributed by atoms with Gasteiger partial charge in [-0.05, 0) is 38.5 Å². The van der Waals surface area contributed by atoms with Crippen LogP contribution in [0.4, 0.5) is 22.0 Å². The molecule has 1 unspecified atom stereocenters. The highest BCUT2D eigenvalue weighted by Crippen LogP contribution is 2.42. The van der Waals surface area contributed by atoms with Gasteiger partial charge in [0.1, 0.15) is 5.78 Å². The summed E-state index contributed by atoms with van der Waals surface area (Å²) < 4.78 is 68.1. The fourth-order valence-electron chi connectivity index (χ4n) is 4.50. The fraction of sp³-hybridized carbons (Fsp3) is 0.833. The zero-order valence-corrected chi connectivity index (χ0v) is 14.9. The number of carbonyl (C=O) groups excluding carboxylic acids is 1. The van der Waals surface area contributed by atoms with Crippen LogP contribution < -0.4 is 0 Å². The molecular weight excluding hydrogens is 355 g/mol.